The Kier molecular flexibility index (Phi) is 2.85. The average molecular weight is 203 g/mol. The molecule has 14 heavy (non-hydrogen) atoms. The maximum Gasteiger partial charge on any atom is 0.251 e. The Balaban J connectivity index is 2.97. The molecule has 0 saturated carbocycles. The highest BCUT2D eigenvalue weighted by Crippen LogP contribution is 2.32. The van der Waals surface area contributed by atoms with Gasteiger partial charge in [0.15, 0.2) is 5.72 Å². The van der Waals surface area contributed by atoms with Gasteiger partial charge in [-0.15, -0.1) is 0 Å². The first kappa shape index (κ1) is 11.4. The lowest BCUT2D eigenvalue weighted by Crippen LogP contribution is -2.71. The van der Waals surface area contributed by atoms with Crippen LogP contribution in [0.2, 0.25) is 0 Å². The molecule has 0 aliphatic carbocycles. The summed E-state index contributed by atoms with van der Waals surface area (Å²) in [7, 11) is 3.01. The molecule has 3 atom stereocenters. The van der Waals surface area contributed by atoms with Crippen LogP contribution in [0.4, 0.5) is 0 Å². The number of rotatable bonds is 2. The molecule has 3 unspecified atom stereocenters. The summed E-state index contributed by atoms with van der Waals surface area (Å²) < 4.78 is 15.9. The van der Waals surface area contributed by atoms with Crippen molar-refractivity contribution in [1.29, 1.82) is 0 Å². The van der Waals surface area contributed by atoms with E-state index in [0.717, 1.165) is 0 Å². The number of hydrogen-bond acceptors (Lipinski definition) is 4. The Hall–Kier alpha value is -0.650. The molecule has 1 saturated heterocycles. The van der Waals surface area contributed by atoms with Gasteiger partial charge in [-0.2, -0.15) is 0 Å². The molecule has 1 aliphatic rings. The van der Waals surface area contributed by atoms with E-state index in [1.165, 1.54) is 14.2 Å². The summed E-state index contributed by atoms with van der Waals surface area (Å²) in [5.74, 6) is -1.18. The fourth-order valence-corrected chi connectivity index (χ4v) is 1.43. The van der Waals surface area contributed by atoms with Crippen molar-refractivity contribution < 1.29 is 19.0 Å². The fourth-order valence-electron chi connectivity index (χ4n) is 1.43. The summed E-state index contributed by atoms with van der Waals surface area (Å²) in [4.78, 5) is 11.4. The van der Waals surface area contributed by atoms with E-state index in [4.69, 9.17) is 14.2 Å². The minimum atomic E-state index is -0.977. The molecule has 0 aromatic rings. The molecule has 1 aliphatic heterocycles. The number of methoxy groups -OCH3 is 2. The molecule has 1 N–H and O–H groups in total. The van der Waals surface area contributed by atoms with Gasteiger partial charge in [0.25, 0.3) is 5.91 Å². The lowest BCUT2D eigenvalue weighted by atomic mass is 10.0. The SMILES string of the molecule is COC1(C)NC(=O)C(C)OC1(C)OC. The Bertz CT molecular complexity index is 245. The van der Waals surface area contributed by atoms with Crippen molar-refractivity contribution in [2.75, 3.05) is 14.2 Å². The van der Waals surface area contributed by atoms with Gasteiger partial charge in [-0.05, 0) is 20.8 Å². The summed E-state index contributed by atoms with van der Waals surface area (Å²) >= 11 is 0. The number of hydrogen-bond donors (Lipinski definition) is 1. The Morgan fingerprint density at radius 2 is 1.93 bits per heavy atom. The Morgan fingerprint density at radius 3 is 2.36 bits per heavy atom. The highest BCUT2D eigenvalue weighted by Gasteiger charge is 2.53. The van der Waals surface area contributed by atoms with Crippen LogP contribution < -0.4 is 5.32 Å². The van der Waals surface area contributed by atoms with Crippen LogP contribution in [-0.4, -0.2) is 37.7 Å². The minimum absolute atomic E-state index is 0.205. The third kappa shape index (κ3) is 1.51. The molecule has 1 amide bonds. The van der Waals surface area contributed by atoms with Crippen LogP contribution in [0.3, 0.4) is 0 Å². The molecule has 1 rings (SSSR count). The van der Waals surface area contributed by atoms with E-state index < -0.39 is 17.6 Å². The summed E-state index contributed by atoms with van der Waals surface area (Å²) in [5, 5.41) is 2.72. The van der Waals surface area contributed by atoms with Crippen molar-refractivity contribution in [3.05, 3.63) is 0 Å². The normalized spacial score (nSPS) is 43.5. The Morgan fingerprint density at radius 1 is 1.36 bits per heavy atom. The topological polar surface area (TPSA) is 56.8 Å². The van der Waals surface area contributed by atoms with Gasteiger partial charge in [-0.1, -0.05) is 0 Å². The second-order valence-electron chi connectivity index (χ2n) is 3.64. The van der Waals surface area contributed by atoms with Crippen LogP contribution in [0.15, 0.2) is 0 Å². The molecule has 5 heteroatoms. The van der Waals surface area contributed by atoms with Gasteiger partial charge in [0.05, 0.1) is 0 Å². The van der Waals surface area contributed by atoms with Crippen LogP contribution in [0.5, 0.6) is 0 Å². The van der Waals surface area contributed by atoms with E-state index in [1.54, 1.807) is 20.8 Å². The van der Waals surface area contributed by atoms with Crippen LogP contribution >= 0.6 is 0 Å². The van der Waals surface area contributed by atoms with Gasteiger partial charge in [-0.3, -0.25) is 4.79 Å². The molecule has 0 bridgehead atoms. The predicted octanol–water partition coefficient (Wildman–Crippen LogP) is 0.246. The van der Waals surface area contributed by atoms with Gasteiger partial charge < -0.3 is 19.5 Å². The lowest BCUT2D eigenvalue weighted by Gasteiger charge is -2.48. The number of ether oxygens (including phenoxy) is 3. The first-order chi connectivity index (χ1) is 6.38. The zero-order valence-corrected chi connectivity index (χ0v) is 9.21. The van der Waals surface area contributed by atoms with Crippen LogP contribution in [0, 0.1) is 0 Å². The molecule has 1 heterocycles. The molecule has 0 aromatic heterocycles. The predicted molar refractivity (Wildman–Crippen MR) is 49.5 cm³/mol. The van der Waals surface area contributed by atoms with Crippen molar-refractivity contribution in [2.45, 2.75) is 38.4 Å². The molecule has 5 nitrogen and oxygen atoms in total. The van der Waals surface area contributed by atoms with Crippen LogP contribution in [0.1, 0.15) is 20.8 Å². The van der Waals surface area contributed by atoms with Crippen molar-refractivity contribution >= 4 is 5.91 Å². The third-order valence-electron chi connectivity index (χ3n) is 2.80. The fraction of sp³-hybridized carbons (Fsp3) is 0.889. The van der Waals surface area contributed by atoms with Gasteiger partial charge >= 0.3 is 0 Å². The van der Waals surface area contributed by atoms with E-state index >= 15 is 0 Å². The average Bonchev–Trinajstić information content (AvgIpc) is 2.15. The summed E-state index contributed by atoms with van der Waals surface area (Å²) in [6, 6.07) is 0. The van der Waals surface area contributed by atoms with E-state index in [2.05, 4.69) is 5.32 Å². The van der Waals surface area contributed by atoms with E-state index in [1.807, 2.05) is 0 Å². The largest absolute Gasteiger partial charge is 0.354 e. The number of morpholine rings is 1. The maximum absolute atomic E-state index is 11.4. The first-order valence-corrected chi connectivity index (χ1v) is 4.48. The molecular formula is C9H17NO4. The van der Waals surface area contributed by atoms with Crippen LogP contribution in [0.25, 0.3) is 0 Å². The number of carbonyl (C=O) groups is 1. The standard InChI is InChI=1S/C9H17NO4/c1-6-7(11)10-8(2,12-4)9(3,13-5)14-6/h6H,1-5H3,(H,10,11). The monoisotopic (exact) mass is 203 g/mol. The first-order valence-electron chi connectivity index (χ1n) is 4.48. The maximum atomic E-state index is 11.4. The lowest BCUT2D eigenvalue weighted by molar-refractivity contribution is -0.335. The van der Waals surface area contributed by atoms with Gasteiger partial charge in [0.1, 0.15) is 6.10 Å². The molecule has 0 spiro atoms. The number of amides is 1. The second-order valence-corrected chi connectivity index (χ2v) is 3.64. The number of nitrogens with one attached hydrogen (secondary N) is 1. The third-order valence-corrected chi connectivity index (χ3v) is 2.80. The van der Waals surface area contributed by atoms with Crippen molar-refractivity contribution in [3.63, 3.8) is 0 Å². The summed E-state index contributed by atoms with van der Waals surface area (Å²) in [5.41, 5.74) is -0.967. The molecule has 0 aromatic carbocycles. The van der Waals surface area contributed by atoms with E-state index in [0.29, 0.717) is 0 Å². The highest BCUT2D eigenvalue weighted by atomic mass is 16.7. The summed E-state index contributed by atoms with van der Waals surface area (Å²) in [6.07, 6.45) is -0.539. The second kappa shape index (κ2) is 3.49. The van der Waals surface area contributed by atoms with E-state index in [9.17, 15) is 4.79 Å². The quantitative estimate of drug-likeness (QED) is 0.698. The summed E-state index contributed by atoms with van der Waals surface area (Å²) in [6.45, 7) is 5.11. The smallest absolute Gasteiger partial charge is 0.251 e. The molecule has 0 radical (unpaired) electrons. The van der Waals surface area contributed by atoms with Crippen molar-refractivity contribution in [1.82, 2.24) is 5.32 Å². The van der Waals surface area contributed by atoms with E-state index in [-0.39, 0.29) is 5.91 Å². The Labute approximate surface area is 83.7 Å². The number of carbonyl (C=O) groups excluding carboxylic acids is 1. The molecule has 82 valence electrons. The van der Waals surface area contributed by atoms with Crippen molar-refractivity contribution in [3.8, 4) is 0 Å². The van der Waals surface area contributed by atoms with Gasteiger partial charge in [0.2, 0.25) is 5.79 Å². The van der Waals surface area contributed by atoms with Gasteiger partial charge in [0, 0.05) is 14.2 Å². The zero-order chi connectivity index (χ0) is 11.0. The van der Waals surface area contributed by atoms with Crippen molar-refractivity contribution in [2.24, 2.45) is 0 Å². The van der Waals surface area contributed by atoms with Gasteiger partial charge in [-0.25, -0.2) is 0 Å². The molecule has 1 fully saturated rings. The zero-order valence-electron chi connectivity index (χ0n) is 9.21. The minimum Gasteiger partial charge on any atom is -0.354 e. The van der Waals surface area contributed by atoms with Crippen LogP contribution in [-0.2, 0) is 19.0 Å². The molecular weight excluding hydrogens is 186 g/mol. The highest BCUT2D eigenvalue weighted by molar-refractivity contribution is 5.81.